The predicted molar refractivity (Wildman–Crippen MR) is 80.1 cm³/mol. The summed E-state index contributed by atoms with van der Waals surface area (Å²) < 4.78 is 11.3. The Kier molecular flexibility index (Phi) is 5.91. The Hall–Kier alpha value is -1.23. The lowest BCUT2D eigenvalue weighted by atomic mass is 9.92. The number of ketones is 1. The second-order valence-electron chi connectivity index (χ2n) is 5.50. The fourth-order valence-electron chi connectivity index (χ4n) is 3.04. The number of carbonyl (C=O) groups excluding carboxylic acids is 1. The van der Waals surface area contributed by atoms with Crippen LogP contribution in [-0.4, -0.2) is 42.9 Å². The van der Waals surface area contributed by atoms with Crippen molar-refractivity contribution in [1.82, 2.24) is 0 Å². The van der Waals surface area contributed by atoms with E-state index < -0.39 is 6.10 Å². The van der Waals surface area contributed by atoms with Gasteiger partial charge in [0.05, 0.1) is 18.8 Å². The Morgan fingerprint density at radius 3 is 2.62 bits per heavy atom. The largest absolute Gasteiger partial charge is 0.396 e. The average molecular weight is 292 g/mol. The molecule has 1 aromatic rings. The number of aliphatic hydroxyl groups is 1. The van der Waals surface area contributed by atoms with Crippen LogP contribution in [0.25, 0.3) is 0 Å². The second kappa shape index (κ2) is 7.69. The highest BCUT2D eigenvalue weighted by Gasteiger charge is 2.46. The van der Waals surface area contributed by atoms with Gasteiger partial charge in [0.2, 0.25) is 0 Å². The van der Waals surface area contributed by atoms with Gasteiger partial charge in [-0.15, -0.1) is 0 Å². The van der Waals surface area contributed by atoms with Gasteiger partial charge in [-0.05, 0) is 18.4 Å². The number of methoxy groups -OCH3 is 1. The molecule has 0 spiro atoms. The van der Waals surface area contributed by atoms with Gasteiger partial charge in [-0.25, -0.2) is 0 Å². The lowest BCUT2D eigenvalue weighted by molar-refractivity contribution is -0.134. The quantitative estimate of drug-likeness (QED) is 0.835. The first-order valence-electron chi connectivity index (χ1n) is 7.57. The normalized spacial score (nSPS) is 28.7. The van der Waals surface area contributed by atoms with Crippen molar-refractivity contribution >= 4 is 5.78 Å². The maximum atomic E-state index is 12.4. The molecule has 4 nitrogen and oxygen atoms in total. The third-order valence-corrected chi connectivity index (χ3v) is 4.22. The van der Waals surface area contributed by atoms with Gasteiger partial charge in [0.15, 0.2) is 5.78 Å². The summed E-state index contributed by atoms with van der Waals surface area (Å²) in [6.45, 7) is 1.98. The van der Waals surface area contributed by atoms with Gasteiger partial charge < -0.3 is 14.6 Å². The van der Waals surface area contributed by atoms with Crippen LogP contribution in [0.5, 0.6) is 0 Å². The number of aliphatic hydroxyl groups excluding tert-OH is 1. The maximum Gasteiger partial charge on any atom is 0.164 e. The molecule has 1 unspecified atom stereocenters. The molecule has 0 radical (unpaired) electrons. The van der Waals surface area contributed by atoms with Crippen LogP contribution in [0.15, 0.2) is 30.3 Å². The van der Waals surface area contributed by atoms with E-state index in [1.54, 1.807) is 7.11 Å². The first-order chi connectivity index (χ1) is 10.2. The molecule has 0 amide bonds. The first kappa shape index (κ1) is 16.1. The molecular formula is C17H24O4. The standard InChI is InChI=1S/C17H24O4/c1-3-15-13(11-18)16(20-2)17(21-15)14(19)10-9-12-7-5-4-6-8-12/h4-8,13,15-18H,3,9-11H2,1-2H3/t13-,15-,16+,17?/m1/s1. The van der Waals surface area contributed by atoms with Crippen LogP contribution in [0.4, 0.5) is 0 Å². The third-order valence-electron chi connectivity index (χ3n) is 4.22. The highest BCUT2D eigenvalue weighted by molar-refractivity contribution is 5.84. The van der Waals surface area contributed by atoms with E-state index in [2.05, 4.69) is 0 Å². The topological polar surface area (TPSA) is 55.8 Å². The SMILES string of the molecule is CC[C@H]1OC(C(=O)CCc2ccccc2)[C@@H](OC)[C@@H]1CO. The van der Waals surface area contributed by atoms with Crippen LogP contribution >= 0.6 is 0 Å². The van der Waals surface area contributed by atoms with E-state index >= 15 is 0 Å². The van der Waals surface area contributed by atoms with Gasteiger partial charge in [0, 0.05) is 19.4 Å². The van der Waals surface area contributed by atoms with E-state index in [0.717, 1.165) is 12.0 Å². The van der Waals surface area contributed by atoms with Gasteiger partial charge in [-0.1, -0.05) is 37.3 Å². The molecule has 4 atom stereocenters. The van der Waals surface area contributed by atoms with E-state index in [9.17, 15) is 9.90 Å². The average Bonchev–Trinajstić information content (AvgIpc) is 2.91. The molecule has 1 heterocycles. The highest BCUT2D eigenvalue weighted by atomic mass is 16.6. The van der Waals surface area contributed by atoms with Crippen LogP contribution in [0.3, 0.4) is 0 Å². The molecule has 1 aliphatic rings. The van der Waals surface area contributed by atoms with Gasteiger partial charge >= 0.3 is 0 Å². The number of hydrogen-bond donors (Lipinski definition) is 1. The monoisotopic (exact) mass is 292 g/mol. The van der Waals surface area contributed by atoms with E-state index in [-0.39, 0.29) is 30.5 Å². The van der Waals surface area contributed by atoms with Gasteiger partial charge in [-0.3, -0.25) is 4.79 Å². The van der Waals surface area contributed by atoms with Gasteiger partial charge in [0.25, 0.3) is 0 Å². The second-order valence-corrected chi connectivity index (χ2v) is 5.50. The Morgan fingerprint density at radius 2 is 2.05 bits per heavy atom. The molecule has 1 aliphatic heterocycles. The van der Waals surface area contributed by atoms with Gasteiger partial charge in [-0.2, -0.15) is 0 Å². The molecule has 1 N–H and O–H groups in total. The van der Waals surface area contributed by atoms with Crippen molar-refractivity contribution in [3.05, 3.63) is 35.9 Å². The number of ether oxygens (including phenoxy) is 2. The van der Waals surface area contributed by atoms with Crippen molar-refractivity contribution < 1.29 is 19.4 Å². The molecule has 21 heavy (non-hydrogen) atoms. The predicted octanol–water partition coefficient (Wildman–Crippen LogP) is 1.99. The zero-order valence-corrected chi connectivity index (χ0v) is 12.7. The van der Waals surface area contributed by atoms with E-state index in [1.807, 2.05) is 37.3 Å². The molecule has 0 bridgehead atoms. The number of carbonyl (C=O) groups is 1. The van der Waals surface area contributed by atoms with Crippen molar-refractivity contribution in [3.63, 3.8) is 0 Å². The fourth-order valence-corrected chi connectivity index (χ4v) is 3.04. The molecule has 0 aromatic heterocycles. The van der Waals surface area contributed by atoms with Crippen molar-refractivity contribution in [2.75, 3.05) is 13.7 Å². The molecule has 0 aliphatic carbocycles. The summed E-state index contributed by atoms with van der Waals surface area (Å²) in [5, 5.41) is 9.51. The molecule has 2 rings (SSSR count). The van der Waals surface area contributed by atoms with Crippen LogP contribution in [-0.2, 0) is 20.7 Å². The summed E-state index contributed by atoms with van der Waals surface area (Å²) in [5.74, 6) is -0.0641. The molecule has 116 valence electrons. The Balaban J connectivity index is 1.98. The summed E-state index contributed by atoms with van der Waals surface area (Å²) in [5.41, 5.74) is 1.14. The van der Waals surface area contributed by atoms with E-state index in [4.69, 9.17) is 9.47 Å². The minimum Gasteiger partial charge on any atom is -0.396 e. The van der Waals surface area contributed by atoms with Crippen LogP contribution in [0.2, 0.25) is 0 Å². The number of aryl methyl sites for hydroxylation is 1. The summed E-state index contributed by atoms with van der Waals surface area (Å²) in [6.07, 6.45) is 0.905. The number of benzene rings is 1. The van der Waals surface area contributed by atoms with Crippen molar-refractivity contribution in [3.8, 4) is 0 Å². The summed E-state index contributed by atoms with van der Waals surface area (Å²) in [7, 11) is 1.58. The maximum absolute atomic E-state index is 12.4. The fraction of sp³-hybridized carbons (Fsp3) is 0.588. The lowest BCUT2D eigenvalue weighted by Crippen LogP contribution is -2.36. The molecule has 1 saturated heterocycles. The van der Waals surface area contributed by atoms with E-state index in [0.29, 0.717) is 12.8 Å². The van der Waals surface area contributed by atoms with Crippen LogP contribution in [0, 0.1) is 5.92 Å². The summed E-state index contributed by atoms with van der Waals surface area (Å²) in [6, 6.07) is 9.94. The van der Waals surface area contributed by atoms with Crippen molar-refractivity contribution in [2.24, 2.45) is 5.92 Å². The molecule has 0 saturated carbocycles. The Morgan fingerprint density at radius 1 is 1.33 bits per heavy atom. The molecule has 4 heteroatoms. The number of hydrogen-bond acceptors (Lipinski definition) is 4. The molecule has 1 aromatic carbocycles. The summed E-state index contributed by atoms with van der Waals surface area (Å²) >= 11 is 0. The zero-order valence-electron chi connectivity index (χ0n) is 12.7. The lowest BCUT2D eigenvalue weighted by Gasteiger charge is -2.20. The van der Waals surface area contributed by atoms with Gasteiger partial charge in [0.1, 0.15) is 6.10 Å². The highest BCUT2D eigenvalue weighted by Crippen LogP contribution is 2.32. The van der Waals surface area contributed by atoms with Crippen LogP contribution < -0.4 is 0 Å². The zero-order chi connectivity index (χ0) is 15.2. The summed E-state index contributed by atoms with van der Waals surface area (Å²) in [4.78, 5) is 12.4. The first-order valence-corrected chi connectivity index (χ1v) is 7.57. The van der Waals surface area contributed by atoms with E-state index in [1.165, 1.54) is 0 Å². The number of Topliss-reactive ketones (excluding diaryl/α,β-unsaturated/α-hetero) is 1. The minimum absolute atomic E-state index is 0.0144. The third kappa shape index (κ3) is 3.70. The van der Waals surface area contributed by atoms with Crippen molar-refractivity contribution in [2.45, 2.75) is 44.5 Å². The Bertz CT molecular complexity index is 445. The van der Waals surface area contributed by atoms with Crippen LogP contribution in [0.1, 0.15) is 25.3 Å². The smallest absolute Gasteiger partial charge is 0.164 e. The Labute approximate surface area is 126 Å². The minimum atomic E-state index is -0.555. The number of rotatable bonds is 7. The molecule has 1 fully saturated rings. The van der Waals surface area contributed by atoms with Crippen molar-refractivity contribution in [1.29, 1.82) is 0 Å². The molecular weight excluding hydrogens is 268 g/mol.